The third-order valence-corrected chi connectivity index (χ3v) is 5.06. The fourth-order valence-electron chi connectivity index (χ4n) is 3.54. The highest BCUT2D eigenvalue weighted by Crippen LogP contribution is 2.11. The van der Waals surface area contributed by atoms with Crippen LogP contribution in [0.15, 0.2) is 0 Å². The number of amides is 1. The molecule has 26 heavy (non-hydrogen) atoms. The lowest BCUT2D eigenvalue weighted by atomic mass is 10.1. The topological polar surface area (TPSA) is 32.3 Å². The van der Waals surface area contributed by atoms with E-state index in [0.717, 1.165) is 25.9 Å². The molecular weight excluding hydrogens is 320 g/mol. The summed E-state index contributed by atoms with van der Waals surface area (Å²) in [7, 11) is 0. The molecule has 0 unspecified atom stereocenters. The molecule has 0 aromatic carbocycles. The van der Waals surface area contributed by atoms with E-state index in [9.17, 15) is 4.79 Å². The van der Waals surface area contributed by atoms with Gasteiger partial charge in [0, 0.05) is 13.0 Å². The van der Waals surface area contributed by atoms with E-state index < -0.39 is 0 Å². The molecule has 0 radical (unpaired) electrons. The Balaban J connectivity index is 3.33. The number of hydrogen-bond acceptors (Lipinski definition) is 2. The van der Waals surface area contributed by atoms with E-state index >= 15 is 0 Å². The smallest absolute Gasteiger partial charge is 0.219 e. The van der Waals surface area contributed by atoms with Gasteiger partial charge >= 0.3 is 0 Å². The number of carbonyl (C=O) groups excluding carboxylic acids is 1. The van der Waals surface area contributed by atoms with Crippen LogP contribution in [0.25, 0.3) is 0 Å². The van der Waals surface area contributed by atoms with Crippen molar-refractivity contribution in [3.05, 3.63) is 0 Å². The summed E-state index contributed by atoms with van der Waals surface area (Å²) in [6.07, 6.45) is 18.9. The maximum atomic E-state index is 11.9. The Kier molecular flexibility index (Phi) is 20.3. The van der Waals surface area contributed by atoms with Crippen LogP contribution in [0.2, 0.25) is 0 Å². The van der Waals surface area contributed by atoms with E-state index in [4.69, 9.17) is 0 Å². The predicted octanol–water partition coefficient (Wildman–Crippen LogP) is 6.32. The summed E-state index contributed by atoms with van der Waals surface area (Å²) < 4.78 is 0. The molecule has 0 rings (SSSR count). The predicted molar refractivity (Wildman–Crippen MR) is 116 cm³/mol. The van der Waals surface area contributed by atoms with Gasteiger partial charge in [0.2, 0.25) is 5.91 Å². The summed E-state index contributed by atoms with van der Waals surface area (Å²) in [6.45, 7) is 11.0. The maximum absolute atomic E-state index is 11.9. The van der Waals surface area contributed by atoms with Crippen LogP contribution in [0.5, 0.6) is 0 Å². The van der Waals surface area contributed by atoms with Gasteiger partial charge in [-0.05, 0) is 45.3 Å². The SMILES string of the molecule is CCCCCCCCCCCCCC(=O)NCCCN(CCC)CCC. The van der Waals surface area contributed by atoms with Gasteiger partial charge in [0.05, 0.1) is 0 Å². The molecule has 0 heterocycles. The number of nitrogens with one attached hydrogen (secondary N) is 1. The average Bonchev–Trinajstić information content (AvgIpc) is 2.63. The molecule has 0 aliphatic heterocycles. The first kappa shape index (κ1) is 25.4. The zero-order valence-electron chi connectivity index (χ0n) is 18.3. The van der Waals surface area contributed by atoms with E-state index in [1.54, 1.807) is 0 Å². The lowest BCUT2D eigenvalue weighted by Gasteiger charge is -2.20. The summed E-state index contributed by atoms with van der Waals surface area (Å²) in [4.78, 5) is 14.4. The Bertz CT molecular complexity index is 288. The largest absolute Gasteiger partial charge is 0.356 e. The highest BCUT2D eigenvalue weighted by molar-refractivity contribution is 5.75. The second kappa shape index (κ2) is 20.7. The lowest BCUT2D eigenvalue weighted by Crippen LogP contribution is -2.31. The van der Waals surface area contributed by atoms with Gasteiger partial charge < -0.3 is 10.2 Å². The van der Waals surface area contributed by atoms with Gasteiger partial charge in [-0.3, -0.25) is 4.79 Å². The number of carbonyl (C=O) groups is 1. The maximum Gasteiger partial charge on any atom is 0.219 e. The van der Waals surface area contributed by atoms with Crippen molar-refractivity contribution < 1.29 is 4.79 Å². The molecule has 3 heteroatoms. The van der Waals surface area contributed by atoms with Crippen molar-refractivity contribution >= 4 is 5.91 Å². The summed E-state index contributed by atoms with van der Waals surface area (Å²) in [5.74, 6) is 0.249. The second-order valence-corrected chi connectivity index (χ2v) is 7.83. The zero-order valence-corrected chi connectivity index (χ0v) is 18.3. The van der Waals surface area contributed by atoms with E-state index in [0.29, 0.717) is 6.42 Å². The van der Waals surface area contributed by atoms with Crippen molar-refractivity contribution in [3.8, 4) is 0 Å². The van der Waals surface area contributed by atoms with Crippen molar-refractivity contribution in [2.45, 2.75) is 117 Å². The van der Waals surface area contributed by atoms with E-state index in [-0.39, 0.29) is 5.91 Å². The second-order valence-electron chi connectivity index (χ2n) is 7.83. The monoisotopic (exact) mass is 368 g/mol. The molecule has 0 aromatic rings. The number of unbranched alkanes of at least 4 members (excludes halogenated alkanes) is 10. The molecule has 0 atom stereocenters. The van der Waals surface area contributed by atoms with Crippen molar-refractivity contribution in [2.75, 3.05) is 26.2 Å². The molecule has 0 aromatic heterocycles. The highest BCUT2D eigenvalue weighted by Gasteiger charge is 2.04. The third-order valence-electron chi connectivity index (χ3n) is 5.06. The Morgan fingerprint density at radius 1 is 0.615 bits per heavy atom. The molecule has 0 saturated carbocycles. The Morgan fingerprint density at radius 2 is 1.12 bits per heavy atom. The third kappa shape index (κ3) is 18.2. The standard InChI is InChI=1S/C23H48N2O/c1-4-7-8-9-10-11-12-13-14-15-16-18-23(26)24-19-17-22-25(20-5-2)21-6-3/h4-22H2,1-3H3,(H,24,26). The fraction of sp³-hybridized carbons (Fsp3) is 0.957. The molecule has 1 N–H and O–H groups in total. The van der Waals surface area contributed by atoms with Crippen molar-refractivity contribution in [2.24, 2.45) is 0 Å². The van der Waals surface area contributed by atoms with Crippen LogP contribution in [-0.2, 0) is 4.79 Å². The highest BCUT2D eigenvalue weighted by atomic mass is 16.1. The molecule has 0 aliphatic carbocycles. The summed E-state index contributed by atoms with van der Waals surface area (Å²) in [5.41, 5.74) is 0. The normalized spacial score (nSPS) is 11.2. The summed E-state index contributed by atoms with van der Waals surface area (Å²) in [6, 6.07) is 0. The van der Waals surface area contributed by atoms with E-state index in [1.165, 1.54) is 90.1 Å². The van der Waals surface area contributed by atoms with Crippen LogP contribution >= 0.6 is 0 Å². The molecule has 156 valence electrons. The van der Waals surface area contributed by atoms with Crippen LogP contribution in [0.3, 0.4) is 0 Å². The van der Waals surface area contributed by atoms with Crippen LogP contribution in [0.1, 0.15) is 117 Å². The summed E-state index contributed by atoms with van der Waals surface area (Å²) >= 11 is 0. The van der Waals surface area contributed by atoms with E-state index in [1.807, 2.05) is 0 Å². The molecule has 0 fully saturated rings. The Labute approximate surface area is 164 Å². The number of hydrogen-bond donors (Lipinski definition) is 1. The van der Waals surface area contributed by atoms with Gasteiger partial charge in [-0.25, -0.2) is 0 Å². The Morgan fingerprint density at radius 3 is 1.62 bits per heavy atom. The van der Waals surface area contributed by atoms with E-state index in [2.05, 4.69) is 31.0 Å². The number of nitrogens with zero attached hydrogens (tertiary/aromatic N) is 1. The fourth-order valence-corrected chi connectivity index (χ4v) is 3.54. The first-order valence-corrected chi connectivity index (χ1v) is 11.7. The van der Waals surface area contributed by atoms with Crippen molar-refractivity contribution in [1.82, 2.24) is 10.2 Å². The molecule has 3 nitrogen and oxygen atoms in total. The Hall–Kier alpha value is -0.570. The summed E-state index contributed by atoms with van der Waals surface area (Å²) in [5, 5.41) is 3.09. The van der Waals surface area contributed by atoms with Crippen LogP contribution in [-0.4, -0.2) is 37.0 Å². The quantitative estimate of drug-likeness (QED) is 0.255. The molecule has 0 bridgehead atoms. The van der Waals surface area contributed by atoms with Gasteiger partial charge in [0.15, 0.2) is 0 Å². The zero-order chi connectivity index (χ0) is 19.3. The van der Waals surface area contributed by atoms with Gasteiger partial charge in [-0.15, -0.1) is 0 Å². The number of rotatable bonds is 20. The van der Waals surface area contributed by atoms with Crippen LogP contribution in [0.4, 0.5) is 0 Å². The van der Waals surface area contributed by atoms with Crippen LogP contribution < -0.4 is 5.32 Å². The van der Waals surface area contributed by atoms with Crippen molar-refractivity contribution in [1.29, 1.82) is 0 Å². The lowest BCUT2D eigenvalue weighted by molar-refractivity contribution is -0.121. The molecular formula is C23H48N2O. The minimum Gasteiger partial charge on any atom is -0.356 e. The van der Waals surface area contributed by atoms with Crippen LogP contribution in [0, 0.1) is 0 Å². The van der Waals surface area contributed by atoms with Gasteiger partial charge in [-0.2, -0.15) is 0 Å². The molecule has 1 amide bonds. The molecule has 0 spiro atoms. The first-order valence-electron chi connectivity index (χ1n) is 11.7. The minimum absolute atomic E-state index is 0.249. The molecule has 0 saturated heterocycles. The van der Waals surface area contributed by atoms with Crippen molar-refractivity contribution in [3.63, 3.8) is 0 Å². The van der Waals surface area contributed by atoms with Gasteiger partial charge in [-0.1, -0.05) is 85.0 Å². The van der Waals surface area contributed by atoms with Gasteiger partial charge in [0.1, 0.15) is 0 Å². The minimum atomic E-state index is 0.249. The molecule has 0 aliphatic rings. The average molecular weight is 369 g/mol. The van der Waals surface area contributed by atoms with Gasteiger partial charge in [0.25, 0.3) is 0 Å². The first-order chi connectivity index (χ1) is 12.7.